The molecule has 1 amide bonds. The molecule has 0 aromatic carbocycles. The van der Waals surface area contributed by atoms with Crippen molar-refractivity contribution in [3.05, 3.63) is 11.8 Å². The van der Waals surface area contributed by atoms with Gasteiger partial charge in [-0.1, -0.05) is 15.9 Å². The van der Waals surface area contributed by atoms with Gasteiger partial charge in [-0.2, -0.15) is 5.10 Å². The summed E-state index contributed by atoms with van der Waals surface area (Å²) < 4.78 is 10.2. The van der Waals surface area contributed by atoms with Crippen molar-refractivity contribution in [2.24, 2.45) is 0 Å². The fourth-order valence-corrected chi connectivity index (χ4v) is 1.41. The molecule has 0 bridgehead atoms. The number of nitrogens with zero attached hydrogens (tertiary/aromatic N) is 2. The molecule has 0 atom stereocenters. The molecule has 7 heteroatoms. The Labute approximate surface area is 114 Å². The number of carbonyl (C=O) groups excluding carboxylic acids is 1. The highest BCUT2D eigenvalue weighted by Crippen LogP contribution is 2.22. The molecular weight excluding hydrogens is 302 g/mol. The van der Waals surface area contributed by atoms with Gasteiger partial charge in [-0.05, 0) is 26.8 Å². The predicted molar refractivity (Wildman–Crippen MR) is 71.1 cm³/mol. The number of halogens is 1. The van der Waals surface area contributed by atoms with Gasteiger partial charge in [0.05, 0.1) is 12.8 Å². The van der Waals surface area contributed by atoms with Crippen LogP contribution >= 0.6 is 15.9 Å². The van der Waals surface area contributed by atoms with Crippen LogP contribution in [0.2, 0.25) is 0 Å². The van der Waals surface area contributed by atoms with Crippen LogP contribution in [0.1, 0.15) is 26.5 Å². The van der Waals surface area contributed by atoms with Crippen LogP contribution in [0.4, 0.5) is 10.5 Å². The Bertz CT molecular complexity index is 432. The summed E-state index contributed by atoms with van der Waals surface area (Å²) in [6.45, 7) is 5.37. The first-order chi connectivity index (χ1) is 8.35. The number of alkyl halides is 1. The van der Waals surface area contributed by atoms with Crippen LogP contribution in [0.25, 0.3) is 0 Å². The predicted octanol–water partition coefficient (Wildman–Crippen LogP) is 2.73. The van der Waals surface area contributed by atoms with Crippen molar-refractivity contribution in [2.75, 3.05) is 12.4 Å². The lowest BCUT2D eigenvalue weighted by Gasteiger charge is -2.20. The van der Waals surface area contributed by atoms with Crippen LogP contribution in [-0.4, -0.2) is 29.0 Å². The third-order valence-electron chi connectivity index (χ3n) is 1.78. The number of ether oxygens (including phenoxy) is 2. The van der Waals surface area contributed by atoms with Gasteiger partial charge in [0.25, 0.3) is 5.88 Å². The quantitative estimate of drug-likeness (QED) is 0.868. The average Bonchev–Trinajstić information content (AvgIpc) is 2.26. The van der Waals surface area contributed by atoms with E-state index >= 15 is 0 Å². The highest BCUT2D eigenvalue weighted by atomic mass is 79.9. The smallest absolute Gasteiger partial charge is 0.412 e. The minimum Gasteiger partial charge on any atom is -0.478 e. The second-order valence-corrected chi connectivity index (χ2v) is 5.08. The third-order valence-corrected chi connectivity index (χ3v) is 2.35. The molecule has 0 saturated carbocycles. The van der Waals surface area contributed by atoms with Gasteiger partial charge >= 0.3 is 6.09 Å². The fourth-order valence-electron chi connectivity index (χ4n) is 1.14. The summed E-state index contributed by atoms with van der Waals surface area (Å²) in [5.74, 6) is 0.241. The third kappa shape index (κ3) is 4.48. The molecule has 0 radical (unpaired) electrons. The summed E-state index contributed by atoms with van der Waals surface area (Å²) in [5, 5.41) is 10.9. The molecule has 1 aromatic heterocycles. The molecule has 0 aliphatic rings. The largest absolute Gasteiger partial charge is 0.478 e. The molecule has 18 heavy (non-hydrogen) atoms. The van der Waals surface area contributed by atoms with Gasteiger partial charge in [0.2, 0.25) is 0 Å². The van der Waals surface area contributed by atoms with E-state index in [4.69, 9.17) is 9.47 Å². The molecule has 1 rings (SSSR count). The summed E-state index contributed by atoms with van der Waals surface area (Å²) >= 11 is 3.27. The van der Waals surface area contributed by atoms with E-state index in [2.05, 4.69) is 31.4 Å². The van der Waals surface area contributed by atoms with Crippen LogP contribution in [0, 0.1) is 0 Å². The van der Waals surface area contributed by atoms with E-state index in [1.54, 1.807) is 26.8 Å². The summed E-state index contributed by atoms with van der Waals surface area (Å²) in [6.07, 6.45) is -0.561. The number of hydrogen-bond donors (Lipinski definition) is 1. The first kappa shape index (κ1) is 14.7. The van der Waals surface area contributed by atoms with Crippen molar-refractivity contribution in [3.63, 3.8) is 0 Å². The number of amides is 1. The van der Waals surface area contributed by atoms with Gasteiger partial charge in [0.1, 0.15) is 11.3 Å². The Morgan fingerprint density at radius 2 is 2.11 bits per heavy atom. The molecule has 0 saturated heterocycles. The van der Waals surface area contributed by atoms with E-state index in [-0.39, 0.29) is 5.88 Å². The van der Waals surface area contributed by atoms with Gasteiger partial charge in [-0.25, -0.2) is 4.79 Å². The van der Waals surface area contributed by atoms with Crippen LogP contribution in [-0.2, 0) is 10.1 Å². The van der Waals surface area contributed by atoms with E-state index in [1.807, 2.05) is 0 Å². The topological polar surface area (TPSA) is 73.3 Å². The first-order valence-electron chi connectivity index (χ1n) is 5.32. The zero-order valence-electron chi connectivity index (χ0n) is 10.8. The average molecular weight is 318 g/mol. The standard InChI is InChI=1S/C11H16BrN3O3/c1-11(2,3)18-10(16)13-8-5-7(6-12)14-15-9(8)17-4/h5H,6H2,1-4H3,(H,13,14,16). The van der Waals surface area contributed by atoms with Gasteiger partial charge in [0.15, 0.2) is 0 Å². The number of anilines is 1. The molecule has 100 valence electrons. The number of rotatable bonds is 3. The monoisotopic (exact) mass is 317 g/mol. The van der Waals surface area contributed by atoms with Crippen molar-refractivity contribution in [1.82, 2.24) is 10.2 Å². The van der Waals surface area contributed by atoms with E-state index in [0.717, 1.165) is 0 Å². The Morgan fingerprint density at radius 3 is 2.61 bits per heavy atom. The lowest BCUT2D eigenvalue weighted by atomic mass is 10.2. The van der Waals surface area contributed by atoms with E-state index in [1.165, 1.54) is 7.11 Å². The molecule has 0 aliphatic carbocycles. The highest BCUT2D eigenvalue weighted by Gasteiger charge is 2.18. The minimum absolute atomic E-state index is 0.241. The van der Waals surface area contributed by atoms with E-state index in [0.29, 0.717) is 16.7 Å². The normalized spacial score (nSPS) is 10.9. The number of methoxy groups -OCH3 is 1. The Morgan fingerprint density at radius 1 is 1.44 bits per heavy atom. The maximum atomic E-state index is 11.6. The molecule has 0 fully saturated rings. The number of carbonyl (C=O) groups is 1. The summed E-state index contributed by atoms with van der Waals surface area (Å²) in [5.41, 5.74) is 0.550. The van der Waals surface area contributed by atoms with Crippen LogP contribution in [0.3, 0.4) is 0 Å². The number of nitrogens with one attached hydrogen (secondary N) is 1. The van der Waals surface area contributed by atoms with Crippen molar-refractivity contribution >= 4 is 27.7 Å². The van der Waals surface area contributed by atoms with Crippen LogP contribution in [0.5, 0.6) is 5.88 Å². The molecule has 1 N–H and O–H groups in total. The fraction of sp³-hybridized carbons (Fsp3) is 0.545. The second-order valence-electron chi connectivity index (χ2n) is 4.52. The van der Waals surface area contributed by atoms with Crippen molar-refractivity contribution in [3.8, 4) is 5.88 Å². The molecule has 0 aliphatic heterocycles. The number of hydrogen-bond acceptors (Lipinski definition) is 5. The van der Waals surface area contributed by atoms with Gasteiger partial charge < -0.3 is 9.47 Å². The molecular formula is C11H16BrN3O3. The SMILES string of the molecule is COc1nnc(CBr)cc1NC(=O)OC(C)(C)C. The van der Waals surface area contributed by atoms with Crippen molar-refractivity contribution in [2.45, 2.75) is 31.7 Å². The summed E-state index contributed by atoms with van der Waals surface area (Å²) in [7, 11) is 1.46. The first-order valence-corrected chi connectivity index (χ1v) is 6.44. The van der Waals surface area contributed by atoms with Crippen molar-refractivity contribution < 1.29 is 14.3 Å². The minimum atomic E-state index is -0.561. The summed E-state index contributed by atoms with van der Waals surface area (Å²) in [4.78, 5) is 11.6. The molecule has 1 aromatic rings. The van der Waals surface area contributed by atoms with E-state index in [9.17, 15) is 4.79 Å². The van der Waals surface area contributed by atoms with Crippen LogP contribution in [0.15, 0.2) is 6.07 Å². The van der Waals surface area contributed by atoms with Crippen molar-refractivity contribution in [1.29, 1.82) is 0 Å². The summed E-state index contributed by atoms with van der Waals surface area (Å²) in [6, 6.07) is 1.67. The zero-order valence-corrected chi connectivity index (χ0v) is 12.4. The lowest BCUT2D eigenvalue weighted by Crippen LogP contribution is -2.27. The molecule has 1 heterocycles. The number of aromatic nitrogens is 2. The zero-order chi connectivity index (χ0) is 13.8. The maximum Gasteiger partial charge on any atom is 0.412 e. The Balaban J connectivity index is 2.85. The lowest BCUT2D eigenvalue weighted by molar-refractivity contribution is 0.0635. The van der Waals surface area contributed by atoms with Crippen LogP contribution < -0.4 is 10.1 Å². The molecule has 0 spiro atoms. The highest BCUT2D eigenvalue weighted by molar-refractivity contribution is 9.08. The van der Waals surface area contributed by atoms with Gasteiger partial charge in [-0.3, -0.25) is 5.32 Å². The Hall–Kier alpha value is -1.37. The second kappa shape index (κ2) is 5.99. The maximum absolute atomic E-state index is 11.6. The Kier molecular flexibility index (Phi) is 4.89. The molecule has 0 unspecified atom stereocenters. The molecule has 6 nitrogen and oxygen atoms in total. The van der Waals surface area contributed by atoms with Gasteiger partial charge in [0, 0.05) is 5.33 Å². The van der Waals surface area contributed by atoms with Gasteiger partial charge in [-0.15, -0.1) is 5.10 Å². The van der Waals surface area contributed by atoms with E-state index < -0.39 is 11.7 Å².